The smallest absolute Gasteiger partial charge is 0.193 e. The predicted octanol–water partition coefficient (Wildman–Crippen LogP) is 3.70. The third-order valence-corrected chi connectivity index (χ3v) is 4.54. The molecular weight excluding hydrogens is 242 g/mol. The van der Waals surface area contributed by atoms with Crippen molar-refractivity contribution in [1.29, 1.82) is 0 Å². The molecule has 4 heteroatoms. The minimum absolute atomic E-state index is 0.475. The molecule has 0 bridgehead atoms. The summed E-state index contributed by atoms with van der Waals surface area (Å²) in [6.07, 6.45) is 7.43. The van der Waals surface area contributed by atoms with Gasteiger partial charge in [0.25, 0.3) is 0 Å². The lowest BCUT2D eigenvalue weighted by Gasteiger charge is -2.27. The first-order valence-corrected chi connectivity index (χ1v) is 7.45. The van der Waals surface area contributed by atoms with E-state index in [4.69, 9.17) is 16.0 Å². The number of rotatable bonds is 4. The molecule has 2 rings (SSSR count). The van der Waals surface area contributed by atoms with Gasteiger partial charge in [0, 0.05) is 11.3 Å². The van der Waals surface area contributed by atoms with Gasteiger partial charge in [-0.2, -0.15) is 11.8 Å². The minimum atomic E-state index is 0.475. The van der Waals surface area contributed by atoms with Crippen LogP contribution in [-0.4, -0.2) is 17.5 Å². The molecule has 0 unspecified atom stereocenters. The Kier molecular flexibility index (Phi) is 4.62. The number of nitrogens with one attached hydrogen (secondary N) is 1. The maximum atomic E-state index is 5.72. The van der Waals surface area contributed by atoms with Gasteiger partial charge in [0.15, 0.2) is 5.22 Å². The van der Waals surface area contributed by atoms with Gasteiger partial charge in [0.1, 0.15) is 5.76 Å². The van der Waals surface area contributed by atoms with Crippen molar-refractivity contribution >= 4 is 23.4 Å². The summed E-state index contributed by atoms with van der Waals surface area (Å²) in [4.78, 5) is 0. The van der Waals surface area contributed by atoms with Crippen molar-refractivity contribution in [2.24, 2.45) is 0 Å². The van der Waals surface area contributed by atoms with Crippen LogP contribution in [-0.2, 0) is 6.54 Å². The molecule has 0 amide bonds. The highest BCUT2D eigenvalue weighted by Gasteiger charge is 2.19. The summed E-state index contributed by atoms with van der Waals surface area (Å²) in [6.45, 7) is 0.793. The number of hydrogen-bond donors (Lipinski definition) is 1. The molecule has 16 heavy (non-hydrogen) atoms. The highest BCUT2D eigenvalue weighted by molar-refractivity contribution is 7.99. The fourth-order valence-electron chi connectivity index (χ4n) is 2.19. The average molecular weight is 260 g/mol. The van der Waals surface area contributed by atoms with Crippen molar-refractivity contribution in [3.8, 4) is 0 Å². The van der Waals surface area contributed by atoms with Crippen molar-refractivity contribution < 1.29 is 4.42 Å². The van der Waals surface area contributed by atoms with E-state index < -0.39 is 0 Å². The second-order valence-corrected chi connectivity index (χ2v) is 5.81. The van der Waals surface area contributed by atoms with Crippen molar-refractivity contribution in [3.05, 3.63) is 23.1 Å². The van der Waals surface area contributed by atoms with Gasteiger partial charge in [-0.15, -0.1) is 0 Å². The summed E-state index contributed by atoms with van der Waals surface area (Å²) in [6, 6.07) is 4.37. The molecule has 1 fully saturated rings. The molecule has 0 aliphatic heterocycles. The summed E-state index contributed by atoms with van der Waals surface area (Å²) in [5, 5.41) is 4.88. The molecule has 0 aromatic carbocycles. The zero-order valence-electron chi connectivity index (χ0n) is 9.54. The van der Waals surface area contributed by atoms with Crippen LogP contribution in [0, 0.1) is 0 Å². The van der Waals surface area contributed by atoms with Crippen LogP contribution >= 0.6 is 23.4 Å². The maximum Gasteiger partial charge on any atom is 0.193 e. The third-order valence-electron chi connectivity index (χ3n) is 3.20. The van der Waals surface area contributed by atoms with E-state index in [0.29, 0.717) is 11.3 Å². The summed E-state index contributed by atoms with van der Waals surface area (Å²) in [5.74, 6) is 0.928. The van der Waals surface area contributed by atoms with E-state index in [-0.39, 0.29) is 0 Å². The second-order valence-electron chi connectivity index (χ2n) is 4.30. The average Bonchev–Trinajstić information content (AvgIpc) is 2.73. The molecule has 1 aromatic heterocycles. The molecule has 1 saturated carbocycles. The SMILES string of the molecule is CSC1CCC(NCc2ccc(Cl)o2)CC1. The maximum absolute atomic E-state index is 5.72. The zero-order valence-corrected chi connectivity index (χ0v) is 11.1. The van der Waals surface area contributed by atoms with Gasteiger partial charge < -0.3 is 9.73 Å². The van der Waals surface area contributed by atoms with E-state index in [1.165, 1.54) is 25.7 Å². The van der Waals surface area contributed by atoms with Crippen LogP contribution in [0.15, 0.2) is 16.5 Å². The van der Waals surface area contributed by atoms with E-state index in [9.17, 15) is 0 Å². The number of thioether (sulfide) groups is 1. The Morgan fingerprint density at radius 1 is 1.38 bits per heavy atom. The first kappa shape index (κ1) is 12.3. The monoisotopic (exact) mass is 259 g/mol. The molecule has 1 heterocycles. The fraction of sp³-hybridized carbons (Fsp3) is 0.667. The first-order chi connectivity index (χ1) is 7.78. The first-order valence-electron chi connectivity index (χ1n) is 5.78. The van der Waals surface area contributed by atoms with Crippen LogP contribution in [0.25, 0.3) is 0 Å². The lowest BCUT2D eigenvalue weighted by Crippen LogP contribution is -2.33. The quantitative estimate of drug-likeness (QED) is 0.893. The van der Waals surface area contributed by atoms with E-state index in [2.05, 4.69) is 11.6 Å². The topological polar surface area (TPSA) is 25.2 Å². The lowest BCUT2D eigenvalue weighted by molar-refractivity contribution is 0.362. The highest BCUT2D eigenvalue weighted by Crippen LogP contribution is 2.27. The highest BCUT2D eigenvalue weighted by atomic mass is 35.5. The summed E-state index contributed by atoms with van der Waals surface area (Å²) < 4.78 is 5.32. The standard InChI is InChI=1S/C12H18ClNOS/c1-16-11-5-2-9(3-6-11)14-8-10-4-7-12(13)15-10/h4,7,9,11,14H,2-3,5-6,8H2,1H3. The predicted molar refractivity (Wildman–Crippen MR) is 70.1 cm³/mol. The van der Waals surface area contributed by atoms with Crippen molar-refractivity contribution in [2.75, 3.05) is 6.26 Å². The number of furan rings is 1. The van der Waals surface area contributed by atoms with Crippen LogP contribution in [0.5, 0.6) is 0 Å². The molecular formula is C12H18ClNOS. The van der Waals surface area contributed by atoms with Gasteiger partial charge in [-0.25, -0.2) is 0 Å². The Hall–Kier alpha value is -0.120. The molecule has 0 atom stereocenters. The molecule has 0 spiro atoms. The summed E-state index contributed by atoms with van der Waals surface area (Å²) in [5.41, 5.74) is 0. The van der Waals surface area contributed by atoms with Crippen LogP contribution in [0.4, 0.5) is 0 Å². The zero-order chi connectivity index (χ0) is 11.4. The Morgan fingerprint density at radius 3 is 2.69 bits per heavy atom. The second kappa shape index (κ2) is 5.99. The molecule has 1 aliphatic carbocycles. The van der Waals surface area contributed by atoms with E-state index in [1.807, 2.05) is 17.8 Å². The Labute approximate surface area is 106 Å². The van der Waals surface area contributed by atoms with Crippen LogP contribution in [0.2, 0.25) is 5.22 Å². The molecule has 0 radical (unpaired) electrons. The van der Waals surface area contributed by atoms with Gasteiger partial charge in [0.2, 0.25) is 0 Å². The van der Waals surface area contributed by atoms with Gasteiger partial charge >= 0.3 is 0 Å². The largest absolute Gasteiger partial charge is 0.448 e. The van der Waals surface area contributed by atoms with Crippen molar-refractivity contribution in [2.45, 2.75) is 43.5 Å². The summed E-state index contributed by atoms with van der Waals surface area (Å²) >= 11 is 7.72. The molecule has 1 aromatic rings. The van der Waals surface area contributed by atoms with Crippen LogP contribution < -0.4 is 5.32 Å². The van der Waals surface area contributed by atoms with Gasteiger partial charge in [0.05, 0.1) is 6.54 Å². The molecule has 1 N–H and O–H groups in total. The molecule has 2 nitrogen and oxygen atoms in total. The molecule has 0 saturated heterocycles. The lowest BCUT2D eigenvalue weighted by atomic mass is 9.95. The number of hydrogen-bond acceptors (Lipinski definition) is 3. The summed E-state index contributed by atoms with van der Waals surface area (Å²) in [7, 11) is 0. The van der Waals surface area contributed by atoms with E-state index in [0.717, 1.165) is 17.6 Å². The van der Waals surface area contributed by atoms with Crippen molar-refractivity contribution in [1.82, 2.24) is 5.32 Å². The van der Waals surface area contributed by atoms with Crippen LogP contribution in [0.1, 0.15) is 31.4 Å². The fourth-order valence-corrected chi connectivity index (χ4v) is 3.10. The Balaban J connectivity index is 1.71. The van der Waals surface area contributed by atoms with Gasteiger partial charge in [-0.3, -0.25) is 0 Å². The Morgan fingerprint density at radius 2 is 2.12 bits per heavy atom. The number of halogens is 1. The van der Waals surface area contributed by atoms with E-state index in [1.54, 1.807) is 6.07 Å². The van der Waals surface area contributed by atoms with Crippen molar-refractivity contribution in [3.63, 3.8) is 0 Å². The minimum Gasteiger partial charge on any atom is -0.448 e. The normalized spacial score (nSPS) is 25.9. The van der Waals surface area contributed by atoms with Gasteiger partial charge in [-0.1, -0.05) is 0 Å². The van der Waals surface area contributed by atoms with Gasteiger partial charge in [-0.05, 0) is 55.7 Å². The molecule has 90 valence electrons. The third kappa shape index (κ3) is 3.44. The van der Waals surface area contributed by atoms with Crippen LogP contribution in [0.3, 0.4) is 0 Å². The Bertz CT molecular complexity index is 321. The molecule has 1 aliphatic rings. The van der Waals surface area contributed by atoms with E-state index >= 15 is 0 Å².